The third-order valence-electron chi connectivity index (χ3n) is 3.13. The Hall–Kier alpha value is -1.53. The summed E-state index contributed by atoms with van der Waals surface area (Å²) in [5.74, 6) is 1.43. The summed E-state index contributed by atoms with van der Waals surface area (Å²) in [5.41, 5.74) is 2.61. The Morgan fingerprint density at radius 3 is 2.68 bits per heavy atom. The zero-order valence-corrected chi connectivity index (χ0v) is 11.3. The molecule has 0 spiro atoms. The second-order valence-corrected chi connectivity index (χ2v) is 4.71. The summed E-state index contributed by atoms with van der Waals surface area (Å²) in [6.45, 7) is 1.72. The Bertz CT molecular complexity index is 392. The maximum Gasteiger partial charge on any atom is 0.513 e. The summed E-state index contributed by atoms with van der Waals surface area (Å²) in [6.07, 6.45) is 5.05. The van der Waals surface area contributed by atoms with E-state index in [4.69, 9.17) is 14.3 Å². The fourth-order valence-corrected chi connectivity index (χ4v) is 2.16. The van der Waals surface area contributed by atoms with Gasteiger partial charge < -0.3 is 19.2 Å². The molecule has 1 unspecified atom stereocenters. The number of hydroxylamine groups is 1. The zero-order chi connectivity index (χ0) is 13.7. The van der Waals surface area contributed by atoms with E-state index in [2.05, 4.69) is 10.4 Å². The fourth-order valence-electron chi connectivity index (χ4n) is 2.16. The highest BCUT2D eigenvalue weighted by Gasteiger charge is 2.24. The van der Waals surface area contributed by atoms with Crippen LogP contribution in [0.1, 0.15) is 19.3 Å². The lowest BCUT2D eigenvalue weighted by Crippen LogP contribution is -2.22. The van der Waals surface area contributed by atoms with Crippen LogP contribution in [-0.4, -0.2) is 44.3 Å². The maximum atomic E-state index is 11.6. The monoisotopic (exact) mass is 268 g/mol. The van der Waals surface area contributed by atoms with E-state index in [1.165, 1.54) is 0 Å². The largest absolute Gasteiger partial charge is 0.513 e. The number of rotatable bonds is 4. The standard InChI is InChI=1S/C13H20N2O4/c1-14-19-11-5-3-10(4-6-11)17-13(16)18-12-7-8-15(2)9-12/h3,5,12,14H,4,6-9H2,1-2H3. The van der Waals surface area contributed by atoms with Gasteiger partial charge in [-0.3, -0.25) is 0 Å². The molecule has 2 aliphatic rings. The quantitative estimate of drug-likeness (QED) is 0.616. The summed E-state index contributed by atoms with van der Waals surface area (Å²) in [7, 11) is 3.71. The normalized spacial score (nSPS) is 23.6. The number of likely N-dealkylation sites (N-methyl/N-ethyl adjacent to an activating group) is 1. The third kappa shape index (κ3) is 4.25. The van der Waals surface area contributed by atoms with Crippen molar-refractivity contribution in [2.75, 3.05) is 27.2 Å². The van der Waals surface area contributed by atoms with E-state index in [1.807, 2.05) is 7.05 Å². The van der Waals surface area contributed by atoms with E-state index in [1.54, 1.807) is 19.2 Å². The van der Waals surface area contributed by atoms with Gasteiger partial charge in [0.2, 0.25) is 0 Å². The van der Waals surface area contributed by atoms with Gasteiger partial charge in [0.1, 0.15) is 17.6 Å². The number of carbonyl (C=O) groups is 1. The van der Waals surface area contributed by atoms with Gasteiger partial charge in [-0.1, -0.05) is 0 Å². The lowest BCUT2D eigenvalue weighted by Gasteiger charge is -2.16. The molecule has 1 fully saturated rings. The van der Waals surface area contributed by atoms with Crippen molar-refractivity contribution in [2.24, 2.45) is 0 Å². The van der Waals surface area contributed by atoms with Crippen LogP contribution in [0.5, 0.6) is 0 Å². The number of likely N-dealkylation sites (tertiary alicyclic amines) is 1. The first-order chi connectivity index (χ1) is 9.17. The molecule has 1 atom stereocenters. The SMILES string of the molecule is CNOC1=CC=C(OC(=O)OC2CCN(C)C2)CC1. The van der Waals surface area contributed by atoms with Gasteiger partial charge in [0.15, 0.2) is 0 Å². The molecule has 0 aromatic carbocycles. The molecule has 19 heavy (non-hydrogen) atoms. The van der Waals surface area contributed by atoms with Crippen LogP contribution in [0.4, 0.5) is 4.79 Å². The average Bonchev–Trinajstić information content (AvgIpc) is 2.77. The first-order valence-electron chi connectivity index (χ1n) is 6.47. The minimum atomic E-state index is -0.613. The zero-order valence-electron chi connectivity index (χ0n) is 11.3. The summed E-state index contributed by atoms with van der Waals surface area (Å²) in [6, 6.07) is 0. The van der Waals surface area contributed by atoms with Crippen molar-refractivity contribution in [1.29, 1.82) is 0 Å². The number of hydrogen-bond acceptors (Lipinski definition) is 6. The highest BCUT2D eigenvalue weighted by atomic mass is 16.7. The predicted octanol–water partition coefficient (Wildman–Crippen LogP) is 1.56. The highest BCUT2D eigenvalue weighted by molar-refractivity contribution is 5.62. The molecular formula is C13H20N2O4. The van der Waals surface area contributed by atoms with Gasteiger partial charge >= 0.3 is 6.16 Å². The number of allylic oxidation sites excluding steroid dienone is 4. The van der Waals surface area contributed by atoms with E-state index < -0.39 is 6.16 Å². The number of hydrogen-bond donors (Lipinski definition) is 1. The van der Waals surface area contributed by atoms with Crippen LogP contribution in [0.25, 0.3) is 0 Å². The molecule has 0 amide bonds. The number of carbonyl (C=O) groups excluding carboxylic acids is 1. The van der Waals surface area contributed by atoms with E-state index in [0.717, 1.165) is 25.3 Å². The maximum absolute atomic E-state index is 11.6. The minimum absolute atomic E-state index is 0.0552. The van der Waals surface area contributed by atoms with E-state index in [9.17, 15) is 4.79 Å². The molecule has 2 rings (SSSR count). The Balaban J connectivity index is 1.77. The second kappa shape index (κ2) is 6.58. The molecule has 0 aromatic heterocycles. The summed E-state index contributed by atoms with van der Waals surface area (Å²) in [4.78, 5) is 18.9. The second-order valence-electron chi connectivity index (χ2n) is 4.71. The lowest BCUT2D eigenvalue weighted by atomic mass is 10.1. The van der Waals surface area contributed by atoms with Crippen molar-refractivity contribution < 1.29 is 19.1 Å². The highest BCUT2D eigenvalue weighted by Crippen LogP contribution is 2.20. The molecule has 1 N–H and O–H groups in total. The van der Waals surface area contributed by atoms with Gasteiger partial charge in [0, 0.05) is 33.0 Å². The molecule has 0 saturated carbocycles. The molecule has 0 aromatic rings. The first kappa shape index (κ1) is 13.9. The molecule has 0 radical (unpaired) electrons. The van der Waals surface area contributed by atoms with Crippen molar-refractivity contribution in [2.45, 2.75) is 25.4 Å². The first-order valence-corrected chi connectivity index (χ1v) is 6.47. The Morgan fingerprint density at radius 2 is 2.11 bits per heavy atom. The van der Waals surface area contributed by atoms with Gasteiger partial charge in [-0.2, -0.15) is 5.48 Å². The summed E-state index contributed by atoms with van der Waals surface area (Å²) < 4.78 is 10.4. The predicted molar refractivity (Wildman–Crippen MR) is 69.0 cm³/mol. The molecule has 1 saturated heterocycles. The van der Waals surface area contributed by atoms with Crippen molar-refractivity contribution in [3.05, 3.63) is 23.7 Å². The lowest BCUT2D eigenvalue weighted by molar-refractivity contribution is 0.0418. The van der Waals surface area contributed by atoms with Crippen LogP contribution < -0.4 is 5.48 Å². The van der Waals surface area contributed by atoms with Crippen LogP contribution in [0.2, 0.25) is 0 Å². The molecular weight excluding hydrogens is 248 g/mol. The molecule has 1 aliphatic carbocycles. The molecule has 1 aliphatic heterocycles. The van der Waals surface area contributed by atoms with Gasteiger partial charge in [-0.05, 0) is 25.6 Å². The van der Waals surface area contributed by atoms with E-state index >= 15 is 0 Å². The van der Waals surface area contributed by atoms with Gasteiger partial charge in [-0.15, -0.1) is 0 Å². The van der Waals surface area contributed by atoms with Crippen LogP contribution in [0, 0.1) is 0 Å². The van der Waals surface area contributed by atoms with Crippen molar-refractivity contribution >= 4 is 6.16 Å². The topological polar surface area (TPSA) is 60.0 Å². The van der Waals surface area contributed by atoms with Crippen molar-refractivity contribution in [1.82, 2.24) is 10.4 Å². The Morgan fingerprint density at radius 1 is 1.37 bits per heavy atom. The Kier molecular flexibility index (Phi) is 4.81. The van der Waals surface area contributed by atoms with Crippen molar-refractivity contribution in [3.8, 4) is 0 Å². The van der Waals surface area contributed by atoms with E-state index in [-0.39, 0.29) is 6.10 Å². The fraction of sp³-hybridized carbons (Fsp3) is 0.615. The summed E-state index contributed by atoms with van der Waals surface area (Å²) in [5, 5.41) is 0. The molecule has 6 nitrogen and oxygen atoms in total. The Labute approximate surface area is 112 Å². The average molecular weight is 268 g/mol. The number of nitrogens with zero attached hydrogens (tertiary/aromatic N) is 1. The minimum Gasteiger partial charge on any atom is -0.429 e. The van der Waals surface area contributed by atoms with E-state index in [0.29, 0.717) is 18.6 Å². The van der Waals surface area contributed by atoms with Gasteiger partial charge in [-0.25, -0.2) is 4.79 Å². The molecule has 106 valence electrons. The smallest absolute Gasteiger partial charge is 0.429 e. The van der Waals surface area contributed by atoms with Crippen molar-refractivity contribution in [3.63, 3.8) is 0 Å². The van der Waals surface area contributed by atoms with Crippen LogP contribution in [-0.2, 0) is 14.3 Å². The molecule has 1 heterocycles. The number of nitrogens with one attached hydrogen (secondary N) is 1. The van der Waals surface area contributed by atoms with Crippen LogP contribution in [0.15, 0.2) is 23.7 Å². The number of ether oxygens (including phenoxy) is 2. The van der Waals surface area contributed by atoms with Crippen LogP contribution >= 0.6 is 0 Å². The summed E-state index contributed by atoms with van der Waals surface area (Å²) >= 11 is 0. The third-order valence-corrected chi connectivity index (χ3v) is 3.13. The van der Waals surface area contributed by atoms with Gasteiger partial charge in [0.05, 0.1) is 0 Å². The molecule has 0 bridgehead atoms. The van der Waals surface area contributed by atoms with Crippen LogP contribution in [0.3, 0.4) is 0 Å². The van der Waals surface area contributed by atoms with Gasteiger partial charge in [0.25, 0.3) is 0 Å². The molecule has 6 heteroatoms.